The van der Waals surface area contributed by atoms with Crippen molar-refractivity contribution >= 4 is 11.3 Å². The van der Waals surface area contributed by atoms with Crippen LogP contribution in [0.4, 0.5) is 0 Å². The fourth-order valence-electron chi connectivity index (χ4n) is 2.50. The first-order chi connectivity index (χ1) is 8.16. The second-order valence-corrected chi connectivity index (χ2v) is 5.89. The molecule has 4 heteroatoms. The molecule has 0 saturated carbocycles. The summed E-state index contributed by atoms with van der Waals surface area (Å²) in [6, 6.07) is 2.18. The molecule has 2 N–H and O–H groups in total. The topological polar surface area (TPSA) is 38.5 Å². The lowest BCUT2D eigenvalue weighted by Crippen LogP contribution is -2.54. The van der Waals surface area contributed by atoms with Crippen LogP contribution in [0.5, 0.6) is 0 Å². The van der Waals surface area contributed by atoms with E-state index in [-0.39, 0.29) is 5.54 Å². The van der Waals surface area contributed by atoms with Gasteiger partial charge in [-0.3, -0.25) is 4.90 Å². The molecule has 0 bridgehead atoms. The fraction of sp³-hybridized carbons (Fsp3) is 0.692. The Morgan fingerprint density at radius 1 is 1.65 bits per heavy atom. The van der Waals surface area contributed by atoms with Crippen molar-refractivity contribution in [3.05, 3.63) is 22.4 Å². The van der Waals surface area contributed by atoms with Crippen LogP contribution in [-0.4, -0.2) is 37.2 Å². The van der Waals surface area contributed by atoms with Gasteiger partial charge in [0.1, 0.15) is 0 Å². The van der Waals surface area contributed by atoms with Gasteiger partial charge in [0.05, 0.1) is 6.61 Å². The zero-order valence-corrected chi connectivity index (χ0v) is 11.5. The van der Waals surface area contributed by atoms with E-state index in [2.05, 4.69) is 35.7 Å². The molecule has 0 radical (unpaired) electrons. The van der Waals surface area contributed by atoms with Crippen molar-refractivity contribution in [1.29, 1.82) is 0 Å². The Labute approximate surface area is 108 Å². The van der Waals surface area contributed by atoms with E-state index in [4.69, 9.17) is 10.5 Å². The minimum atomic E-state index is 0.0401. The average molecular weight is 254 g/mol. The molecular weight excluding hydrogens is 232 g/mol. The molecule has 1 aliphatic heterocycles. The van der Waals surface area contributed by atoms with E-state index in [0.717, 1.165) is 26.2 Å². The number of likely N-dealkylation sites (N-methyl/N-ethyl adjacent to an activating group) is 1. The van der Waals surface area contributed by atoms with E-state index in [1.54, 1.807) is 11.3 Å². The molecule has 0 amide bonds. The van der Waals surface area contributed by atoms with Crippen molar-refractivity contribution in [3.8, 4) is 0 Å². The lowest BCUT2D eigenvalue weighted by molar-refractivity contribution is 0.0610. The smallest absolute Gasteiger partial charge is 0.0513 e. The van der Waals surface area contributed by atoms with Gasteiger partial charge >= 0.3 is 0 Å². The predicted molar refractivity (Wildman–Crippen MR) is 72.2 cm³/mol. The Bertz CT molecular complexity index is 335. The van der Waals surface area contributed by atoms with Crippen molar-refractivity contribution in [2.24, 2.45) is 11.7 Å². The Kier molecular flexibility index (Phi) is 4.20. The molecule has 1 fully saturated rings. The maximum Gasteiger partial charge on any atom is 0.0513 e. The molecule has 1 aliphatic rings. The number of hydrogen-bond donors (Lipinski definition) is 1. The Balaban J connectivity index is 2.05. The standard InChI is InChI=1S/C13H22N2OS/c1-13(10-14,12-3-5-16-8-12)15(2)7-11-4-6-17-9-11/h4,6,9,12H,3,5,7-8,10,14H2,1-2H3. The summed E-state index contributed by atoms with van der Waals surface area (Å²) < 4.78 is 5.51. The van der Waals surface area contributed by atoms with Crippen molar-refractivity contribution in [2.45, 2.75) is 25.4 Å². The molecule has 3 nitrogen and oxygen atoms in total. The number of hydrogen-bond acceptors (Lipinski definition) is 4. The lowest BCUT2D eigenvalue weighted by Gasteiger charge is -2.42. The average Bonchev–Trinajstić information content (AvgIpc) is 3.00. The maximum absolute atomic E-state index is 6.02. The van der Waals surface area contributed by atoms with Gasteiger partial charge in [-0.1, -0.05) is 0 Å². The van der Waals surface area contributed by atoms with Crippen LogP contribution in [0.15, 0.2) is 16.8 Å². The molecule has 0 aromatic carbocycles. The summed E-state index contributed by atoms with van der Waals surface area (Å²) in [4.78, 5) is 2.38. The number of nitrogens with two attached hydrogens (primary N) is 1. The predicted octanol–water partition coefficient (Wildman–Crippen LogP) is 1.93. The van der Waals surface area contributed by atoms with Crippen LogP contribution in [-0.2, 0) is 11.3 Å². The molecule has 2 heterocycles. The molecule has 2 atom stereocenters. The highest BCUT2D eigenvalue weighted by Gasteiger charge is 2.38. The summed E-state index contributed by atoms with van der Waals surface area (Å²) in [5.41, 5.74) is 7.43. The van der Waals surface area contributed by atoms with Gasteiger partial charge in [-0.2, -0.15) is 11.3 Å². The van der Waals surface area contributed by atoms with E-state index >= 15 is 0 Å². The molecule has 1 aromatic rings. The fourth-order valence-corrected chi connectivity index (χ4v) is 3.16. The second kappa shape index (κ2) is 5.48. The minimum Gasteiger partial charge on any atom is -0.381 e. The molecule has 17 heavy (non-hydrogen) atoms. The summed E-state index contributed by atoms with van der Waals surface area (Å²) in [5.74, 6) is 0.552. The molecular formula is C13H22N2OS. The zero-order valence-electron chi connectivity index (χ0n) is 10.7. The van der Waals surface area contributed by atoms with E-state index in [1.165, 1.54) is 5.56 Å². The van der Waals surface area contributed by atoms with Gasteiger partial charge in [-0.05, 0) is 42.8 Å². The number of nitrogens with zero attached hydrogens (tertiary/aromatic N) is 1. The van der Waals surface area contributed by atoms with Crippen molar-refractivity contribution < 1.29 is 4.74 Å². The molecule has 2 unspecified atom stereocenters. The maximum atomic E-state index is 6.02. The van der Waals surface area contributed by atoms with Crippen molar-refractivity contribution in [1.82, 2.24) is 4.90 Å². The van der Waals surface area contributed by atoms with Crippen molar-refractivity contribution in [3.63, 3.8) is 0 Å². The van der Waals surface area contributed by atoms with Gasteiger partial charge in [0.2, 0.25) is 0 Å². The normalized spacial score (nSPS) is 24.1. The summed E-state index contributed by atoms with van der Waals surface area (Å²) in [7, 11) is 2.17. The lowest BCUT2D eigenvalue weighted by atomic mass is 9.83. The van der Waals surface area contributed by atoms with Crippen LogP contribution in [0.2, 0.25) is 0 Å². The van der Waals surface area contributed by atoms with Gasteiger partial charge in [0.15, 0.2) is 0 Å². The Morgan fingerprint density at radius 2 is 2.47 bits per heavy atom. The van der Waals surface area contributed by atoms with E-state index in [1.807, 2.05) is 0 Å². The highest BCUT2D eigenvalue weighted by atomic mass is 32.1. The number of rotatable bonds is 5. The molecule has 2 rings (SSSR count). The largest absolute Gasteiger partial charge is 0.381 e. The van der Waals surface area contributed by atoms with Crippen LogP contribution in [0.3, 0.4) is 0 Å². The third kappa shape index (κ3) is 2.71. The Hall–Kier alpha value is -0.420. The first kappa shape index (κ1) is 13.0. The first-order valence-corrected chi connectivity index (χ1v) is 7.11. The molecule has 1 aromatic heterocycles. The van der Waals surface area contributed by atoms with Crippen LogP contribution < -0.4 is 5.73 Å². The van der Waals surface area contributed by atoms with E-state index in [0.29, 0.717) is 12.5 Å². The highest BCUT2D eigenvalue weighted by molar-refractivity contribution is 7.07. The van der Waals surface area contributed by atoms with Crippen LogP contribution in [0, 0.1) is 5.92 Å². The zero-order chi connectivity index (χ0) is 12.3. The molecule has 1 saturated heterocycles. The molecule has 0 aliphatic carbocycles. The van der Waals surface area contributed by atoms with Gasteiger partial charge < -0.3 is 10.5 Å². The summed E-state index contributed by atoms with van der Waals surface area (Å²) in [6.07, 6.45) is 1.13. The monoisotopic (exact) mass is 254 g/mol. The third-order valence-corrected chi connectivity index (χ3v) is 4.83. The number of ether oxygens (including phenoxy) is 1. The SMILES string of the molecule is CN(Cc1ccsc1)C(C)(CN)C1CCOC1. The van der Waals surface area contributed by atoms with Crippen LogP contribution >= 0.6 is 11.3 Å². The Morgan fingerprint density at radius 3 is 3.00 bits per heavy atom. The van der Waals surface area contributed by atoms with E-state index in [9.17, 15) is 0 Å². The molecule has 96 valence electrons. The quantitative estimate of drug-likeness (QED) is 0.872. The minimum absolute atomic E-state index is 0.0401. The summed E-state index contributed by atoms with van der Waals surface area (Å²) >= 11 is 1.75. The second-order valence-electron chi connectivity index (χ2n) is 5.11. The molecule has 0 spiro atoms. The summed E-state index contributed by atoms with van der Waals surface area (Å²) in [5, 5.41) is 4.33. The van der Waals surface area contributed by atoms with Crippen LogP contribution in [0.1, 0.15) is 18.9 Å². The van der Waals surface area contributed by atoms with Gasteiger partial charge in [0.25, 0.3) is 0 Å². The van der Waals surface area contributed by atoms with Gasteiger partial charge in [-0.15, -0.1) is 0 Å². The summed E-state index contributed by atoms with van der Waals surface area (Å²) in [6.45, 7) is 5.64. The van der Waals surface area contributed by atoms with Crippen LogP contribution in [0.25, 0.3) is 0 Å². The van der Waals surface area contributed by atoms with Gasteiger partial charge in [0, 0.05) is 31.2 Å². The third-order valence-electron chi connectivity index (χ3n) is 4.09. The van der Waals surface area contributed by atoms with E-state index < -0.39 is 0 Å². The first-order valence-electron chi connectivity index (χ1n) is 6.17. The number of thiophene rings is 1. The van der Waals surface area contributed by atoms with Gasteiger partial charge in [-0.25, -0.2) is 0 Å². The van der Waals surface area contributed by atoms with Crippen molar-refractivity contribution in [2.75, 3.05) is 26.8 Å². The highest BCUT2D eigenvalue weighted by Crippen LogP contribution is 2.30.